The first-order valence-electron chi connectivity index (χ1n) is 3.81. The van der Waals surface area contributed by atoms with Crippen molar-refractivity contribution in [2.75, 3.05) is 0 Å². The number of nitrogens with two attached hydrogens (primary N) is 1. The Bertz CT molecular complexity index is 283. The summed E-state index contributed by atoms with van der Waals surface area (Å²) in [4.78, 5) is 0. The molecule has 0 aliphatic heterocycles. The predicted molar refractivity (Wildman–Crippen MR) is 41.6 cm³/mol. The lowest BCUT2D eigenvalue weighted by molar-refractivity contribution is 0.625. The molecule has 0 fully saturated rings. The predicted octanol–water partition coefficient (Wildman–Crippen LogP) is 1.77. The largest absolute Gasteiger partial charge is 0.324 e. The molecule has 11 heavy (non-hydrogen) atoms. The van der Waals surface area contributed by atoms with Crippen LogP contribution >= 0.6 is 0 Å². The van der Waals surface area contributed by atoms with Crippen molar-refractivity contribution in [2.45, 2.75) is 18.9 Å². The third-order valence-electron chi connectivity index (χ3n) is 2.23. The van der Waals surface area contributed by atoms with Crippen molar-refractivity contribution in [1.29, 1.82) is 0 Å². The van der Waals surface area contributed by atoms with E-state index >= 15 is 0 Å². The van der Waals surface area contributed by atoms with Gasteiger partial charge in [0.25, 0.3) is 0 Å². The van der Waals surface area contributed by atoms with Gasteiger partial charge in [0.1, 0.15) is 5.82 Å². The molecule has 2 heteroatoms. The molecule has 0 saturated heterocycles. The molecular weight excluding hydrogens is 141 g/mol. The highest BCUT2D eigenvalue weighted by molar-refractivity contribution is 5.34. The molecule has 1 aromatic rings. The van der Waals surface area contributed by atoms with E-state index in [9.17, 15) is 4.39 Å². The van der Waals surface area contributed by atoms with Crippen LogP contribution in [0.15, 0.2) is 18.2 Å². The van der Waals surface area contributed by atoms with Crippen LogP contribution in [-0.4, -0.2) is 0 Å². The van der Waals surface area contributed by atoms with Crippen LogP contribution in [0.5, 0.6) is 0 Å². The molecule has 0 bridgehead atoms. The van der Waals surface area contributed by atoms with E-state index in [1.807, 2.05) is 0 Å². The SMILES string of the molecule is N[C@H]1CCc2cc(F)ccc21. The van der Waals surface area contributed by atoms with Gasteiger partial charge in [-0.1, -0.05) is 6.07 Å². The summed E-state index contributed by atoms with van der Waals surface area (Å²) in [5.74, 6) is -0.155. The monoisotopic (exact) mass is 151 g/mol. The summed E-state index contributed by atoms with van der Waals surface area (Å²) in [5.41, 5.74) is 7.97. The van der Waals surface area contributed by atoms with Gasteiger partial charge in [0.2, 0.25) is 0 Å². The van der Waals surface area contributed by atoms with Crippen molar-refractivity contribution >= 4 is 0 Å². The van der Waals surface area contributed by atoms with Gasteiger partial charge in [0, 0.05) is 6.04 Å². The van der Waals surface area contributed by atoms with E-state index < -0.39 is 0 Å². The lowest BCUT2D eigenvalue weighted by Gasteiger charge is -2.02. The topological polar surface area (TPSA) is 26.0 Å². The first-order valence-corrected chi connectivity index (χ1v) is 3.81. The molecule has 2 rings (SSSR count). The maximum atomic E-state index is 12.6. The number of aryl methyl sites for hydroxylation is 1. The minimum absolute atomic E-state index is 0.130. The van der Waals surface area contributed by atoms with Gasteiger partial charge in [-0.15, -0.1) is 0 Å². The smallest absolute Gasteiger partial charge is 0.123 e. The second-order valence-electron chi connectivity index (χ2n) is 2.99. The standard InChI is InChI=1S/C9H10FN/c10-7-2-3-8-6(5-7)1-4-9(8)11/h2-3,5,9H,1,4,11H2/t9-/m0/s1. The van der Waals surface area contributed by atoms with Crippen LogP contribution < -0.4 is 5.73 Å². The van der Waals surface area contributed by atoms with Crippen LogP contribution in [0.1, 0.15) is 23.6 Å². The van der Waals surface area contributed by atoms with Crippen LogP contribution in [0, 0.1) is 5.82 Å². The van der Waals surface area contributed by atoms with Gasteiger partial charge in [-0.3, -0.25) is 0 Å². The molecule has 58 valence electrons. The molecule has 0 aromatic heterocycles. The minimum atomic E-state index is -0.155. The Labute approximate surface area is 65.0 Å². The Kier molecular flexibility index (Phi) is 1.43. The normalized spacial score (nSPS) is 21.8. The molecule has 1 aliphatic carbocycles. The zero-order valence-electron chi connectivity index (χ0n) is 6.18. The second kappa shape index (κ2) is 2.31. The van der Waals surface area contributed by atoms with Crippen LogP contribution in [0.3, 0.4) is 0 Å². The summed E-state index contributed by atoms with van der Waals surface area (Å²) in [7, 11) is 0. The van der Waals surface area contributed by atoms with Gasteiger partial charge in [-0.25, -0.2) is 4.39 Å². The van der Waals surface area contributed by atoms with Crippen LogP contribution in [0.4, 0.5) is 4.39 Å². The number of rotatable bonds is 0. The first-order chi connectivity index (χ1) is 5.27. The summed E-state index contributed by atoms with van der Waals surface area (Å²) in [5, 5.41) is 0. The highest BCUT2D eigenvalue weighted by atomic mass is 19.1. The van der Waals surface area contributed by atoms with Crippen molar-refractivity contribution in [2.24, 2.45) is 5.73 Å². The van der Waals surface area contributed by atoms with Crippen molar-refractivity contribution < 1.29 is 4.39 Å². The fraction of sp³-hybridized carbons (Fsp3) is 0.333. The van der Waals surface area contributed by atoms with E-state index in [0.29, 0.717) is 0 Å². The Balaban J connectivity index is 2.50. The van der Waals surface area contributed by atoms with Crippen molar-refractivity contribution in [3.05, 3.63) is 35.1 Å². The lowest BCUT2D eigenvalue weighted by atomic mass is 10.1. The number of hydrogen-bond acceptors (Lipinski definition) is 1. The van der Waals surface area contributed by atoms with Gasteiger partial charge >= 0.3 is 0 Å². The molecule has 1 nitrogen and oxygen atoms in total. The van der Waals surface area contributed by atoms with Gasteiger partial charge in [0.05, 0.1) is 0 Å². The highest BCUT2D eigenvalue weighted by Gasteiger charge is 2.18. The Morgan fingerprint density at radius 3 is 3.09 bits per heavy atom. The quantitative estimate of drug-likeness (QED) is 0.600. The highest BCUT2D eigenvalue weighted by Crippen LogP contribution is 2.29. The third kappa shape index (κ3) is 1.03. The fourth-order valence-corrected chi connectivity index (χ4v) is 1.62. The van der Waals surface area contributed by atoms with E-state index in [2.05, 4.69) is 0 Å². The van der Waals surface area contributed by atoms with Crippen LogP contribution in [0.2, 0.25) is 0 Å². The van der Waals surface area contributed by atoms with E-state index in [1.165, 1.54) is 6.07 Å². The maximum Gasteiger partial charge on any atom is 0.123 e. The average molecular weight is 151 g/mol. The zero-order chi connectivity index (χ0) is 7.84. The van der Waals surface area contributed by atoms with E-state index in [4.69, 9.17) is 5.73 Å². The molecule has 0 spiro atoms. The van der Waals surface area contributed by atoms with Gasteiger partial charge < -0.3 is 5.73 Å². The number of hydrogen-bond donors (Lipinski definition) is 1. The molecular formula is C9H10FN. The first kappa shape index (κ1) is 6.80. The Hall–Kier alpha value is -0.890. The molecule has 0 heterocycles. The number of fused-ring (bicyclic) bond motifs is 1. The van der Waals surface area contributed by atoms with E-state index in [0.717, 1.165) is 24.0 Å². The molecule has 1 aromatic carbocycles. The fourth-order valence-electron chi connectivity index (χ4n) is 1.62. The van der Waals surface area contributed by atoms with Gasteiger partial charge in [0.15, 0.2) is 0 Å². The second-order valence-corrected chi connectivity index (χ2v) is 2.99. The van der Waals surface area contributed by atoms with Gasteiger partial charge in [-0.2, -0.15) is 0 Å². The summed E-state index contributed by atoms with van der Waals surface area (Å²) >= 11 is 0. The molecule has 1 aliphatic rings. The Morgan fingerprint density at radius 1 is 1.45 bits per heavy atom. The molecule has 0 unspecified atom stereocenters. The lowest BCUT2D eigenvalue weighted by Crippen LogP contribution is -2.04. The number of benzene rings is 1. The maximum absolute atomic E-state index is 12.6. The van der Waals surface area contributed by atoms with Crippen LogP contribution in [0.25, 0.3) is 0 Å². The van der Waals surface area contributed by atoms with E-state index in [-0.39, 0.29) is 11.9 Å². The molecule has 0 saturated carbocycles. The summed E-state index contributed by atoms with van der Waals surface area (Å²) in [6.07, 6.45) is 1.88. The zero-order valence-corrected chi connectivity index (χ0v) is 6.18. The summed E-state index contributed by atoms with van der Waals surface area (Å²) in [6, 6.07) is 4.99. The third-order valence-corrected chi connectivity index (χ3v) is 2.23. The summed E-state index contributed by atoms with van der Waals surface area (Å²) < 4.78 is 12.6. The minimum Gasteiger partial charge on any atom is -0.324 e. The van der Waals surface area contributed by atoms with E-state index in [1.54, 1.807) is 12.1 Å². The van der Waals surface area contributed by atoms with Crippen molar-refractivity contribution in [3.8, 4) is 0 Å². The Morgan fingerprint density at radius 2 is 2.27 bits per heavy atom. The van der Waals surface area contributed by atoms with Crippen LogP contribution in [-0.2, 0) is 6.42 Å². The molecule has 2 N–H and O–H groups in total. The molecule has 0 radical (unpaired) electrons. The average Bonchev–Trinajstić information content (AvgIpc) is 2.32. The molecule has 0 amide bonds. The number of halogens is 1. The molecule has 1 atom stereocenters. The summed E-state index contributed by atoms with van der Waals surface area (Å²) in [6.45, 7) is 0. The van der Waals surface area contributed by atoms with Crippen molar-refractivity contribution in [1.82, 2.24) is 0 Å². The van der Waals surface area contributed by atoms with Gasteiger partial charge in [-0.05, 0) is 36.1 Å². The van der Waals surface area contributed by atoms with Crippen molar-refractivity contribution in [3.63, 3.8) is 0 Å².